The molecule has 0 unspecified atom stereocenters. The highest BCUT2D eigenvalue weighted by Gasteiger charge is 2.23. The predicted octanol–water partition coefficient (Wildman–Crippen LogP) is 0.929. The van der Waals surface area contributed by atoms with Crippen LogP contribution in [0.15, 0.2) is 18.2 Å². The number of rotatable bonds is 5. The average Bonchev–Trinajstić information content (AvgIpc) is 3.06. The van der Waals surface area contributed by atoms with E-state index in [4.69, 9.17) is 10.8 Å². The van der Waals surface area contributed by atoms with Gasteiger partial charge >= 0.3 is 5.97 Å². The molecule has 1 saturated heterocycles. The van der Waals surface area contributed by atoms with Crippen molar-refractivity contribution in [2.24, 2.45) is 5.73 Å². The number of fused-ring (bicyclic) bond motifs is 1. The number of hydrogen-bond donors (Lipinski definition) is 4. The summed E-state index contributed by atoms with van der Waals surface area (Å²) in [6, 6.07) is 3.83. The Kier molecular flexibility index (Phi) is 5.17. The number of amides is 2. The van der Waals surface area contributed by atoms with Gasteiger partial charge in [0.2, 0.25) is 17.6 Å². The molecular formula is C17H21N5O4. The van der Waals surface area contributed by atoms with E-state index in [1.165, 1.54) is 0 Å². The van der Waals surface area contributed by atoms with Crippen LogP contribution < -0.4 is 11.1 Å². The second kappa shape index (κ2) is 7.52. The Balaban J connectivity index is 1.62. The van der Waals surface area contributed by atoms with Gasteiger partial charge in [0.05, 0.1) is 23.5 Å². The van der Waals surface area contributed by atoms with Gasteiger partial charge in [-0.15, -0.1) is 0 Å². The molecule has 0 bridgehead atoms. The molecule has 0 saturated carbocycles. The van der Waals surface area contributed by atoms with Gasteiger partial charge in [-0.3, -0.25) is 9.59 Å². The minimum absolute atomic E-state index is 0.0420. The molecule has 26 heavy (non-hydrogen) atoms. The van der Waals surface area contributed by atoms with Gasteiger partial charge in [0.1, 0.15) is 0 Å². The van der Waals surface area contributed by atoms with Gasteiger partial charge in [-0.1, -0.05) is 0 Å². The average molecular weight is 359 g/mol. The number of likely N-dealkylation sites (tertiary alicyclic amines) is 1. The van der Waals surface area contributed by atoms with E-state index in [0.29, 0.717) is 16.7 Å². The first-order valence-electron chi connectivity index (χ1n) is 8.51. The molecule has 2 amide bonds. The third-order valence-electron chi connectivity index (χ3n) is 4.39. The summed E-state index contributed by atoms with van der Waals surface area (Å²) in [5.41, 5.74) is 7.27. The fourth-order valence-electron chi connectivity index (χ4n) is 2.97. The molecule has 0 aliphatic carbocycles. The van der Waals surface area contributed by atoms with Crippen molar-refractivity contribution in [3.8, 4) is 0 Å². The number of hydrogen-bond acceptors (Lipinski definition) is 5. The van der Waals surface area contributed by atoms with E-state index >= 15 is 0 Å². The molecule has 1 aromatic carbocycles. The van der Waals surface area contributed by atoms with Crippen LogP contribution in [-0.2, 0) is 9.59 Å². The number of benzene rings is 1. The number of anilines is 1. The number of aromatic carboxylic acids is 1. The molecule has 2 aromatic rings. The molecule has 9 heteroatoms. The zero-order valence-electron chi connectivity index (χ0n) is 14.2. The molecule has 0 spiro atoms. The van der Waals surface area contributed by atoms with E-state index in [1.807, 2.05) is 0 Å². The Hall–Kier alpha value is -2.94. The van der Waals surface area contributed by atoms with Crippen molar-refractivity contribution in [1.82, 2.24) is 14.9 Å². The number of nitrogens with two attached hydrogens (primary N) is 1. The number of carbonyl (C=O) groups is 3. The van der Waals surface area contributed by atoms with Crippen LogP contribution in [0.25, 0.3) is 11.0 Å². The normalized spacial score (nSPS) is 15.7. The highest BCUT2D eigenvalue weighted by Crippen LogP contribution is 2.18. The fraction of sp³-hybridized carbons (Fsp3) is 0.412. The van der Waals surface area contributed by atoms with E-state index in [1.54, 1.807) is 23.1 Å². The highest BCUT2D eigenvalue weighted by molar-refractivity contribution is 5.99. The van der Waals surface area contributed by atoms with Crippen molar-refractivity contribution in [1.29, 1.82) is 0 Å². The Morgan fingerprint density at radius 1 is 1.27 bits per heavy atom. The third-order valence-corrected chi connectivity index (χ3v) is 4.39. The number of H-pyrrole nitrogens is 1. The van der Waals surface area contributed by atoms with Gasteiger partial charge < -0.3 is 26.0 Å². The van der Waals surface area contributed by atoms with Gasteiger partial charge in [0, 0.05) is 18.8 Å². The number of carboxylic acid groups (broad SMARTS) is 1. The summed E-state index contributed by atoms with van der Waals surface area (Å²) in [6.07, 6.45) is 3.04. The number of nitrogens with one attached hydrogen (secondary N) is 2. The van der Waals surface area contributed by atoms with Gasteiger partial charge in [-0.25, -0.2) is 9.78 Å². The van der Waals surface area contributed by atoms with Gasteiger partial charge in [-0.2, -0.15) is 0 Å². The fourth-order valence-corrected chi connectivity index (χ4v) is 2.97. The monoisotopic (exact) mass is 359 g/mol. The zero-order valence-corrected chi connectivity index (χ0v) is 14.2. The summed E-state index contributed by atoms with van der Waals surface area (Å²) < 4.78 is 0. The number of nitrogens with zero attached hydrogens (tertiary/aromatic N) is 2. The van der Waals surface area contributed by atoms with Crippen molar-refractivity contribution in [2.75, 3.05) is 18.4 Å². The summed E-state index contributed by atoms with van der Waals surface area (Å²) in [6.45, 7) is 1.43. The van der Waals surface area contributed by atoms with Crippen molar-refractivity contribution in [2.45, 2.75) is 31.7 Å². The molecule has 1 aromatic heterocycles. The SMILES string of the molecule is N[C@@H](CC(=O)N1CCCCC1)C(=O)Nc1ccc2[nH]c(C(=O)O)nc2c1. The topological polar surface area (TPSA) is 141 Å². The van der Waals surface area contributed by atoms with E-state index in [2.05, 4.69) is 15.3 Å². The van der Waals surface area contributed by atoms with E-state index in [-0.39, 0.29) is 18.2 Å². The van der Waals surface area contributed by atoms with Crippen molar-refractivity contribution in [3.63, 3.8) is 0 Å². The molecule has 0 radical (unpaired) electrons. The molecule has 9 nitrogen and oxygen atoms in total. The smallest absolute Gasteiger partial charge is 0.371 e. The van der Waals surface area contributed by atoms with Crippen LogP contribution in [-0.4, -0.2) is 56.9 Å². The largest absolute Gasteiger partial charge is 0.475 e. The Labute approximate surface area is 149 Å². The van der Waals surface area contributed by atoms with Crippen LogP contribution in [0.1, 0.15) is 36.3 Å². The maximum Gasteiger partial charge on any atom is 0.371 e. The quantitative estimate of drug-likeness (QED) is 0.626. The molecule has 1 atom stereocenters. The molecule has 3 rings (SSSR count). The van der Waals surface area contributed by atoms with Crippen molar-refractivity contribution < 1.29 is 19.5 Å². The summed E-state index contributed by atoms with van der Waals surface area (Å²) >= 11 is 0. The van der Waals surface area contributed by atoms with Gasteiger partial charge in [0.15, 0.2) is 0 Å². The number of aromatic nitrogens is 2. The minimum atomic E-state index is -1.16. The zero-order chi connectivity index (χ0) is 18.7. The maximum atomic E-state index is 12.3. The van der Waals surface area contributed by atoms with Crippen LogP contribution in [0.4, 0.5) is 5.69 Å². The van der Waals surface area contributed by atoms with Crippen LogP contribution in [0.3, 0.4) is 0 Å². The Morgan fingerprint density at radius 3 is 2.69 bits per heavy atom. The van der Waals surface area contributed by atoms with Crippen molar-refractivity contribution >= 4 is 34.5 Å². The molecule has 1 aliphatic heterocycles. The van der Waals surface area contributed by atoms with Gasteiger partial charge in [0.25, 0.3) is 0 Å². The lowest BCUT2D eigenvalue weighted by Crippen LogP contribution is -2.43. The van der Waals surface area contributed by atoms with Gasteiger partial charge in [-0.05, 0) is 37.5 Å². The van der Waals surface area contributed by atoms with E-state index in [0.717, 1.165) is 32.4 Å². The van der Waals surface area contributed by atoms with Crippen molar-refractivity contribution in [3.05, 3.63) is 24.0 Å². The van der Waals surface area contributed by atoms with Crippen LogP contribution in [0.2, 0.25) is 0 Å². The minimum Gasteiger partial charge on any atom is -0.475 e. The number of imidazole rings is 1. The Bertz CT molecular complexity index is 841. The lowest BCUT2D eigenvalue weighted by Gasteiger charge is -2.27. The van der Waals surface area contributed by atoms with Crippen LogP contribution >= 0.6 is 0 Å². The maximum absolute atomic E-state index is 12.3. The lowest BCUT2D eigenvalue weighted by molar-refractivity contribution is -0.134. The molecule has 5 N–H and O–H groups in total. The first-order chi connectivity index (χ1) is 12.4. The summed E-state index contributed by atoms with van der Waals surface area (Å²) in [7, 11) is 0. The third kappa shape index (κ3) is 3.99. The lowest BCUT2D eigenvalue weighted by atomic mass is 10.1. The number of carboxylic acids is 1. The van der Waals surface area contributed by atoms with Crippen LogP contribution in [0.5, 0.6) is 0 Å². The molecule has 1 fully saturated rings. The molecule has 2 heterocycles. The molecule has 138 valence electrons. The van der Waals surface area contributed by atoms with Crippen LogP contribution in [0, 0.1) is 0 Å². The van der Waals surface area contributed by atoms with E-state index in [9.17, 15) is 14.4 Å². The second-order valence-electron chi connectivity index (χ2n) is 6.36. The molecule has 1 aliphatic rings. The first kappa shape index (κ1) is 17.9. The van der Waals surface area contributed by atoms with E-state index < -0.39 is 17.9 Å². The standard InChI is InChI=1S/C17H21N5O4/c18-11(9-14(23)22-6-2-1-3-7-22)16(24)19-10-4-5-12-13(8-10)21-15(20-12)17(25)26/h4-5,8,11H,1-3,6-7,9,18H2,(H,19,24)(H,20,21)(H,25,26)/t11-/m0/s1. The number of carbonyl (C=O) groups excluding carboxylic acids is 2. The summed E-state index contributed by atoms with van der Waals surface area (Å²) in [5, 5.41) is 11.6. The predicted molar refractivity (Wildman–Crippen MR) is 94.7 cm³/mol. The molecular weight excluding hydrogens is 338 g/mol. The number of aromatic amines is 1. The second-order valence-corrected chi connectivity index (χ2v) is 6.36. The Morgan fingerprint density at radius 2 is 2.00 bits per heavy atom. The summed E-state index contributed by atoms with van der Waals surface area (Å²) in [4.78, 5) is 43.7. The number of piperidine rings is 1. The highest BCUT2D eigenvalue weighted by atomic mass is 16.4. The summed E-state index contributed by atoms with van der Waals surface area (Å²) in [5.74, 6) is -1.91. The first-order valence-corrected chi connectivity index (χ1v) is 8.51.